The third kappa shape index (κ3) is 1.78. The van der Waals surface area contributed by atoms with Crippen LogP contribution in [-0.2, 0) is 0 Å². The van der Waals surface area contributed by atoms with Gasteiger partial charge in [-0.05, 0) is 26.0 Å². The molecule has 1 aromatic heterocycles. The van der Waals surface area contributed by atoms with Crippen molar-refractivity contribution in [3.63, 3.8) is 0 Å². The number of nitriles is 1. The molecule has 2 aromatic rings. The summed E-state index contributed by atoms with van der Waals surface area (Å²) in [6.07, 6.45) is 0. The van der Waals surface area contributed by atoms with Crippen molar-refractivity contribution < 1.29 is 4.39 Å². The zero-order chi connectivity index (χ0) is 13.3. The van der Waals surface area contributed by atoms with Crippen LogP contribution in [-0.4, -0.2) is 9.78 Å². The summed E-state index contributed by atoms with van der Waals surface area (Å²) in [4.78, 5) is 12.0. The Morgan fingerprint density at radius 2 is 2.00 bits per heavy atom. The summed E-state index contributed by atoms with van der Waals surface area (Å²) in [5.74, 6) is -0.532. The minimum Gasteiger partial charge on any atom is -0.267 e. The smallest absolute Gasteiger partial charge is 0.267 e. The van der Waals surface area contributed by atoms with Gasteiger partial charge in [0.05, 0.1) is 11.3 Å². The standard InChI is InChI=1S/C13H10FN3O/c1-8-10(7-15)9(2)16-17(13(8)18)12-6-4-3-5-11(12)14/h3-6H,1-2H3. The molecule has 2 rings (SSSR count). The monoisotopic (exact) mass is 243 g/mol. The largest absolute Gasteiger partial charge is 0.275 e. The van der Waals surface area contributed by atoms with Crippen molar-refractivity contribution in [2.45, 2.75) is 13.8 Å². The van der Waals surface area contributed by atoms with Gasteiger partial charge in [-0.1, -0.05) is 12.1 Å². The third-order valence-electron chi connectivity index (χ3n) is 2.69. The molecule has 0 radical (unpaired) electrons. The second-order valence-electron chi connectivity index (χ2n) is 3.87. The average Bonchev–Trinajstić information content (AvgIpc) is 2.35. The topological polar surface area (TPSA) is 58.7 Å². The van der Waals surface area contributed by atoms with Crippen molar-refractivity contribution in [3.05, 3.63) is 57.3 Å². The van der Waals surface area contributed by atoms with E-state index in [1.807, 2.05) is 6.07 Å². The molecule has 18 heavy (non-hydrogen) atoms. The fraction of sp³-hybridized carbons (Fsp3) is 0.154. The first kappa shape index (κ1) is 12.0. The Labute approximate surface area is 103 Å². The van der Waals surface area contributed by atoms with Gasteiger partial charge in [0.15, 0.2) is 0 Å². The molecular formula is C13H10FN3O. The predicted molar refractivity (Wildman–Crippen MR) is 64.0 cm³/mol. The molecule has 0 bridgehead atoms. The van der Waals surface area contributed by atoms with Gasteiger partial charge >= 0.3 is 0 Å². The molecule has 0 unspecified atom stereocenters. The van der Waals surface area contributed by atoms with Gasteiger partial charge in [0.2, 0.25) is 0 Å². The highest BCUT2D eigenvalue weighted by molar-refractivity contribution is 5.41. The first-order valence-electron chi connectivity index (χ1n) is 5.31. The lowest BCUT2D eigenvalue weighted by Crippen LogP contribution is -2.26. The van der Waals surface area contributed by atoms with E-state index >= 15 is 0 Å². The van der Waals surface area contributed by atoms with Crippen LogP contribution in [0.15, 0.2) is 29.1 Å². The lowest BCUT2D eigenvalue weighted by molar-refractivity contribution is 0.603. The van der Waals surface area contributed by atoms with Crippen molar-refractivity contribution in [2.75, 3.05) is 0 Å². The van der Waals surface area contributed by atoms with Crippen LogP contribution in [0.5, 0.6) is 0 Å². The van der Waals surface area contributed by atoms with Crippen molar-refractivity contribution >= 4 is 0 Å². The Kier molecular flexibility index (Phi) is 2.94. The Morgan fingerprint density at radius 1 is 1.33 bits per heavy atom. The number of aryl methyl sites for hydroxylation is 1. The molecule has 90 valence electrons. The van der Waals surface area contributed by atoms with Gasteiger partial charge in [0.25, 0.3) is 5.56 Å². The normalized spacial score (nSPS) is 10.1. The van der Waals surface area contributed by atoms with Gasteiger partial charge in [-0.15, -0.1) is 0 Å². The maximum atomic E-state index is 13.6. The van der Waals surface area contributed by atoms with Crippen molar-refractivity contribution in [3.8, 4) is 11.8 Å². The zero-order valence-electron chi connectivity index (χ0n) is 9.94. The fourth-order valence-corrected chi connectivity index (χ4v) is 1.73. The highest BCUT2D eigenvalue weighted by atomic mass is 19.1. The fourth-order valence-electron chi connectivity index (χ4n) is 1.73. The second kappa shape index (κ2) is 4.41. The number of hydrogen-bond donors (Lipinski definition) is 0. The Hall–Kier alpha value is -2.48. The van der Waals surface area contributed by atoms with Crippen LogP contribution in [0.2, 0.25) is 0 Å². The van der Waals surface area contributed by atoms with E-state index in [1.165, 1.54) is 25.1 Å². The first-order chi connectivity index (χ1) is 8.56. The third-order valence-corrected chi connectivity index (χ3v) is 2.69. The van der Waals surface area contributed by atoms with Crippen LogP contribution in [0, 0.1) is 31.0 Å². The molecule has 0 amide bonds. The van der Waals surface area contributed by atoms with E-state index in [2.05, 4.69) is 5.10 Å². The number of halogens is 1. The van der Waals surface area contributed by atoms with Crippen molar-refractivity contribution in [1.82, 2.24) is 9.78 Å². The molecular weight excluding hydrogens is 233 g/mol. The van der Waals surface area contributed by atoms with E-state index in [-0.39, 0.29) is 16.8 Å². The predicted octanol–water partition coefficient (Wildman–Crippen LogP) is 1.86. The molecule has 0 aliphatic rings. The maximum Gasteiger partial charge on any atom is 0.275 e. The van der Waals surface area contributed by atoms with Gasteiger partial charge in [-0.2, -0.15) is 15.0 Å². The van der Waals surface area contributed by atoms with Crippen LogP contribution < -0.4 is 5.56 Å². The highest BCUT2D eigenvalue weighted by Crippen LogP contribution is 2.12. The maximum absolute atomic E-state index is 13.6. The molecule has 0 saturated carbocycles. The van der Waals surface area contributed by atoms with E-state index in [4.69, 9.17) is 5.26 Å². The van der Waals surface area contributed by atoms with Crippen molar-refractivity contribution in [1.29, 1.82) is 5.26 Å². The number of nitrogens with zero attached hydrogens (tertiary/aromatic N) is 3. The summed E-state index contributed by atoms with van der Waals surface area (Å²) in [5.41, 5.74) is 0.513. The van der Waals surface area contributed by atoms with Gasteiger partial charge < -0.3 is 0 Å². The zero-order valence-corrected chi connectivity index (χ0v) is 9.94. The molecule has 0 N–H and O–H groups in total. The Balaban J connectivity index is 2.80. The summed E-state index contributed by atoms with van der Waals surface area (Å²) >= 11 is 0. The van der Waals surface area contributed by atoms with E-state index in [9.17, 15) is 9.18 Å². The van der Waals surface area contributed by atoms with Gasteiger partial charge in [0, 0.05) is 5.56 Å². The SMILES string of the molecule is Cc1nn(-c2ccccc2F)c(=O)c(C)c1C#N. The number of benzene rings is 1. The van der Waals surface area contributed by atoms with E-state index in [1.54, 1.807) is 13.0 Å². The van der Waals surface area contributed by atoms with Crippen LogP contribution in [0.3, 0.4) is 0 Å². The first-order valence-corrected chi connectivity index (χ1v) is 5.31. The summed E-state index contributed by atoms with van der Waals surface area (Å²) in [5, 5.41) is 12.9. The van der Waals surface area contributed by atoms with Gasteiger partial charge in [0.1, 0.15) is 17.6 Å². The Bertz CT molecular complexity index is 713. The molecule has 1 heterocycles. The molecule has 0 saturated heterocycles. The van der Waals surface area contributed by atoms with Gasteiger partial charge in [-0.3, -0.25) is 4.79 Å². The average molecular weight is 243 g/mol. The molecule has 5 heteroatoms. The molecule has 4 nitrogen and oxygen atoms in total. The van der Waals surface area contributed by atoms with Crippen LogP contribution in [0.1, 0.15) is 16.8 Å². The lowest BCUT2D eigenvalue weighted by Gasteiger charge is -2.09. The lowest BCUT2D eigenvalue weighted by atomic mass is 10.1. The molecule has 0 aliphatic heterocycles. The molecule has 1 aromatic carbocycles. The molecule has 0 fully saturated rings. The highest BCUT2D eigenvalue weighted by Gasteiger charge is 2.14. The number of rotatable bonds is 1. The Morgan fingerprint density at radius 3 is 2.61 bits per heavy atom. The molecule has 0 atom stereocenters. The molecule has 0 spiro atoms. The summed E-state index contributed by atoms with van der Waals surface area (Å²) < 4.78 is 14.6. The van der Waals surface area contributed by atoms with Crippen LogP contribution in [0.25, 0.3) is 5.69 Å². The number of hydrogen-bond acceptors (Lipinski definition) is 3. The van der Waals surface area contributed by atoms with Crippen LogP contribution >= 0.6 is 0 Å². The number of aromatic nitrogens is 2. The number of para-hydroxylation sites is 1. The van der Waals surface area contributed by atoms with E-state index in [0.29, 0.717) is 5.69 Å². The summed E-state index contributed by atoms with van der Waals surface area (Å²) in [6, 6.07) is 7.81. The minimum absolute atomic E-state index is 0.0817. The van der Waals surface area contributed by atoms with Gasteiger partial charge in [-0.25, -0.2) is 4.39 Å². The summed E-state index contributed by atoms with van der Waals surface area (Å²) in [6.45, 7) is 3.15. The van der Waals surface area contributed by atoms with E-state index < -0.39 is 11.4 Å². The minimum atomic E-state index is -0.532. The van der Waals surface area contributed by atoms with Crippen molar-refractivity contribution in [2.24, 2.45) is 0 Å². The van der Waals surface area contributed by atoms with Crippen LogP contribution in [0.4, 0.5) is 4.39 Å². The quantitative estimate of drug-likeness (QED) is 0.768. The molecule has 0 aliphatic carbocycles. The van der Waals surface area contributed by atoms with E-state index in [0.717, 1.165) is 4.68 Å². The summed E-state index contributed by atoms with van der Waals surface area (Å²) in [7, 11) is 0. The second-order valence-corrected chi connectivity index (χ2v) is 3.87.